The van der Waals surface area contributed by atoms with Crippen molar-refractivity contribution in [3.05, 3.63) is 58.1 Å². The first-order valence-corrected chi connectivity index (χ1v) is 11.2. The van der Waals surface area contributed by atoms with E-state index in [4.69, 9.17) is 27.9 Å². The molecule has 0 aliphatic carbocycles. The van der Waals surface area contributed by atoms with Crippen molar-refractivity contribution in [3.63, 3.8) is 0 Å². The van der Waals surface area contributed by atoms with Gasteiger partial charge in [0.1, 0.15) is 6.04 Å². The third-order valence-corrected chi connectivity index (χ3v) is 6.19. The first-order valence-electron chi connectivity index (χ1n) is 9.00. The van der Waals surface area contributed by atoms with E-state index in [1.807, 2.05) is 13.8 Å². The summed E-state index contributed by atoms with van der Waals surface area (Å²) < 4.78 is 32.3. The number of hydrogen-bond donors (Lipinski definition) is 2. The number of nitrogens with one attached hydrogen (secondary N) is 2. The van der Waals surface area contributed by atoms with Crippen molar-refractivity contribution in [2.75, 3.05) is 11.8 Å². The molecule has 0 fully saturated rings. The van der Waals surface area contributed by atoms with Crippen LogP contribution in [-0.4, -0.2) is 33.4 Å². The van der Waals surface area contributed by atoms with E-state index >= 15 is 0 Å². The molecule has 0 aromatic heterocycles. The summed E-state index contributed by atoms with van der Waals surface area (Å²) in [5, 5.41) is 2.96. The summed E-state index contributed by atoms with van der Waals surface area (Å²) in [6.07, 6.45) is 0.405. The number of rotatable bonds is 8. The van der Waals surface area contributed by atoms with E-state index in [-0.39, 0.29) is 32.1 Å². The molecule has 1 atom stereocenters. The summed E-state index contributed by atoms with van der Waals surface area (Å²) in [4.78, 5) is 24.5. The molecule has 0 saturated carbocycles. The Bertz CT molecular complexity index is 1040. The van der Waals surface area contributed by atoms with Gasteiger partial charge < -0.3 is 10.1 Å². The molecule has 2 N–H and O–H groups in total. The summed E-state index contributed by atoms with van der Waals surface area (Å²) in [7, 11) is -2.70. The highest BCUT2D eigenvalue weighted by atomic mass is 35.5. The number of benzene rings is 2. The van der Waals surface area contributed by atoms with E-state index in [9.17, 15) is 18.0 Å². The standard InChI is InChI=1S/C20H22Cl2N2O5S/c1-12(2)9-18(20(26)29-3)23-19(25)13-5-4-6-14(10-13)24-30(27,28)15-7-8-16(21)17(22)11-15/h4-8,10-12,18,24H,9H2,1-3H3,(H,23,25). The summed E-state index contributed by atoms with van der Waals surface area (Å²) >= 11 is 11.7. The normalized spacial score (nSPS) is 12.3. The smallest absolute Gasteiger partial charge is 0.328 e. The number of sulfonamides is 1. The zero-order valence-corrected chi connectivity index (χ0v) is 18.9. The molecule has 2 rings (SSSR count). The number of hydrogen-bond acceptors (Lipinski definition) is 5. The average molecular weight is 473 g/mol. The number of anilines is 1. The van der Waals surface area contributed by atoms with Gasteiger partial charge in [-0.2, -0.15) is 0 Å². The highest BCUT2D eigenvalue weighted by Gasteiger charge is 2.23. The fourth-order valence-electron chi connectivity index (χ4n) is 2.65. The summed E-state index contributed by atoms with van der Waals surface area (Å²) in [5.74, 6) is -0.922. The van der Waals surface area contributed by atoms with Gasteiger partial charge in [0.25, 0.3) is 15.9 Å². The van der Waals surface area contributed by atoms with E-state index in [1.165, 1.54) is 49.6 Å². The zero-order chi connectivity index (χ0) is 22.5. The van der Waals surface area contributed by atoms with Gasteiger partial charge in [-0.15, -0.1) is 0 Å². The van der Waals surface area contributed by atoms with E-state index < -0.39 is 27.9 Å². The Morgan fingerprint density at radius 1 is 1.07 bits per heavy atom. The number of methoxy groups -OCH3 is 1. The first kappa shape index (κ1) is 24.0. The SMILES string of the molecule is COC(=O)C(CC(C)C)NC(=O)c1cccc(NS(=O)(=O)c2ccc(Cl)c(Cl)c2)c1. The van der Waals surface area contributed by atoms with Crippen LogP contribution in [0.15, 0.2) is 47.4 Å². The third-order valence-electron chi connectivity index (χ3n) is 4.08. The Hall–Kier alpha value is -2.29. The van der Waals surface area contributed by atoms with Crippen LogP contribution in [0.4, 0.5) is 5.69 Å². The topological polar surface area (TPSA) is 102 Å². The number of esters is 1. The van der Waals surface area contributed by atoms with Gasteiger partial charge in [-0.05, 0) is 48.7 Å². The maximum Gasteiger partial charge on any atom is 0.328 e. The molecule has 0 aliphatic rings. The molecule has 0 heterocycles. The van der Waals surface area contributed by atoms with E-state index in [0.29, 0.717) is 6.42 Å². The van der Waals surface area contributed by atoms with Gasteiger partial charge in [0, 0.05) is 11.3 Å². The Kier molecular flexibility index (Phi) is 8.11. The molecular formula is C20H22Cl2N2O5S. The van der Waals surface area contributed by atoms with Crippen molar-refractivity contribution in [2.45, 2.75) is 31.2 Å². The van der Waals surface area contributed by atoms with E-state index in [2.05, 4.69) is 10.0 Å². The number of amides is 1. The van der Waals surface area contributed by atoms with Crippen LogP contribution in [0.1, 0.15) is 30.6 Å². The fraction of sp³-hybridized carbons (Fsp3) is 0.300. The minimum absolute atomic E-state index is 0.0746. The molecule has 10 heteroatoms. The van der Waals surface area contributed by atoms with Crippen molar-refractivity contribution in [1.29, 1.82) is 0 Å². The van der Waals surface area contributed by atoms with Gasteiger partial charge >= 0.3 is 5.97 Å². The molecular weight excluding hydrogens is 451 g/mol. The molecule has 2 aromatic rings. The predicted octanol–water partition coefficient (Wildman–Crippen LogP) is 4.11. The Morgan fingerprint density at radius 3 is 2.37 bits per heavy atom. The molecule has 1 amide bonds. The molecule has 0 bridgehead atoms. The third kappa shape index (κ3) is 6.35. The molecule has 0 saturated heterocycles. The van der Waals surface area contributed by atoms with Crippen LogP contribution in [-0.2, 0) is 19.6 Å². The van der Waals surface area contributed by atoms with Gasteiger partial charge in [0.15, 0.2) is 0 Å². The van der Waals surface area contributed by atoms with Crippen LogP contribution in [0.2, 0.25) is 10.0 Å². The van der Waals surface area contributed by atoms with Gasteiger partial charge in [0.2, 0.25) is 0 Å². The van der Waals surface area contributed by atoms with Crippen LogP contribution in [0.5, 0.6) is 0 Å². The molecule has 2 aromatic carbocycles. The molecule has 0 radical (unpaired) electrons. The fourth-order valence-corrected chi connectivity index (χ4v) is 4.09. The maximum atomic E-state index is 12.6. The highest BCUT2D eigenvalue weighted by molar-refractivity contribution is 7.92. The van der Waals surface area contributed by atoms with Crippen LogP contribution < -0.4 is 10.0 Å². The Labute approximate surface area is 185 Å². The second-order valence-electron chi connectivity index (χ2n) is 6.94. The lowest BCUT2D eigenvalue weighted by molar-refractivity contribution is -0.143. The second kappa shape index (κ2) is 10.1. The lowest BCUT2D eigenvalue weighted by Crippen LogP contribution is -2.42. The van der Waals surface area contributed by atoms with Crippen LogP contribution >= 0.6 is 23.2 Å². The minimum Gasteiger partial charge on any atom is -0.467 e. The summed E-state index contributed by atoms with van der Waals surface area (Å²) in [6, 6.07) is 9.03. The monoisotopic (exact) mass is 472 g/mol. The van der Waals surface area contributed by atoms with Crippen LogP contribution in [0.25, 0.3) is 0 Å². The summed E-state index contributed by atoms with van der Waals surface area (Å²) in [5.41, 5.74) is 0.356. The zero-order valence-electron chi connectivity index (χ0n) is 16.6. The Morgan fingerprint density at radius 2 is 1.77 bits per heavy atom. The predicted molar refractivity (Wildman–Crippen MR) is 116 cm³/mol. The lowest BCUT2D eigenvalue weighted by Gasteiger charge is -2.18. The van der Waals surface area contributed by atoms with Gasteiger partial charge in [-0.3, -0.25) is 9.52 Å². The average Bonchev–Trinajstić information content (AvgIpc) is 2.68. The number of halogens is 2. The molecule has 7 nitrogen and oxygen atoms in total. The summed E-state index contributed by atoms with van der Waals surface area (Å²) in [6.45, 7) is 3.83. The highest BCUT2D eigenvalue weighted by Crippen LogP contribution is 2.26. The largest absolute Gasteiger partial charge is 0.467 e. The minimum atomic E-state index is -3.95. The van der Waals surface area contributed by atoms with Gasteiger partial charge in [-0.25, -0.2) is 13.2 Å². The van der Waals surface area contributed by atoms with E-state index in [1.54, 1.807) is 0 Å². The van der Waals surface area contributed by atoms with Crippen molar-refractivity contribution in [2.24, 2.45) is 5.92 Å². The van der Waals surface area contributed by atoms with Crippen LogP contribution in [0.3, 0.4) is 0 Å². The molecule has 0 aliphatic heterocycles. The molecule has 1 unspecified atom stereocenters. The molecule has 30 heavy (non-hydrogen) atoms. The Balaban J connectivity index is 2.21. The number of ether oxygens (including phenoxy) is 1. The maximum absolute atomic E-state index is 12.6. The van der Waals surface area contributed by atoms with Crippen molar-refractivity contribution >= 4 is 50.8 Å². The van der Waals surface area contributed by atoms with Gasteiger partial charge in [0.05, 0.1) is 22.1 Å². The van der Waals surface area contributed by atoms with Crippen LogP contribution in [0, 0.1) is 5.92 Å². The van der Waals surface area contributed by atoms with Crippen molar-refractivity contribution in [3.8, 4) is 0 Å². The second-order valence-corrected chi connectivity index (χ2v) is 9.44. The van der Waals surface area contributed by atoms with E-state index in [0.717, 1.165) is 0 Å². The molecule has 162 valence electrons. The lowest BCUT2D eigenvalue weighted by atomic mass is 10.0. The van der Waals surface area contributed by atoms with Gasteiger partial charge in [-0.1, -0.05) is 43.1 Å². The number of carbonyl (C=O) groups excluding carboxylic acids is 2. The molecule has 0 spiro atoms. The van der Waals surface area contributed by atoms with Crippen molar-refractivity contribution < 1.29 is 22.7 Å². The quantitative estimate of drug-likeness (QED) is 0.562. The first-order chi connectivity index (χ1) is 14.0. The number of carbonyl (C=O) groups is 2. The van der Waals surface area contributed by atoms with Crippen molar-refractivity contribution in [1.82, 2.24) is 5.32 Å².